The van der Waals surface area contributed by atoms with Gasteiger partial charge >= 0.3 is 0 Å². The molecule has 1 aliphatic rings. The Kier molecular flexibility index (Phi) is 4.78. The Labute approximate surface area is 134 Å². The first-order valence-electron chi connectivity index (χ1n) is 7.71. The number of carbonyl (C=O) groups excluding carboxylic acids is 1. The van der Waals surface area contributed by atoms with Crippen molar-refractivity contribution >= 4 is 5.91 Å². The van der Waals surface area contributed by atoms with Crippen molar-refractivity contribution in [2.75, 3.05) is 32.8 Å². The second-order valence-corrected chi connectivity index (χ2v) is 5.58. The van der Waals surface area contributed by atoms with Gasteiger partial charge in [-0.15, -0.1) is 0 Å². The second kappa shape index (κ2) is 6.97. The third kappa shape index (κ3) is 3.62. The van der Waals surface area contributed by atoms with Crippen molar-refractivity contribution in [2.24, 2.45) is 0 Å². The molecule has 2 aromatic rings. The van der Waals surface area contributed by atoms with E-state index in [9.17, 15) is 4.79 Å². The highest BCUT2D eigenvalue weighted by molar-refractivity contribution is 5.93. The maximum atomic E-state index is 12.2. The van der Waals surface area contributed by atoms with Gasteiger partial charge in [-0.05, 0) is 26.0 Å². The lowest BCUT2D eigenvalue weighted by Crippen LogP contribution is -2.43. The van der Waals surface area contributed by atoms with Crippen molar-refractivity contribution in [1.82, 2.24) is 15.2 Å². The van der Waals surface area contributed by atoms with Gasteiger partial charge in [-0.2, -0.15) is 0 Å². The highest BCUT2D eigenvalue weighted by Gasteiger charge is 2.26. The Morgan fingerprint density at radius 1 is 1.35 bits per heavy atom. The molecule has 7 heteroatoms. The fourth-order valence-electron chi connectivity index (χ4n) is 2.73. The number of aromatic nitrogens is 1. The van der Waals surface area contributed by atoms with E-state index in [1.54, 1.807) is 6.92 Å². The van der Waals surface area contributed by atoms with Crippen LogP contribution >= 0.6 is 0 Å². The predicted molar refractivity (Wildman–Crippen MR) is 82.2 cm³/mol. The van der Waals surface area contributed by atoms with Crippen LogP contribution in [0, 0.1) is 13.8 Å². The molecular weight excluding hydrogens is 298 g/mol. The van der Waals surface area contributed by atoms with Crippen LogP contribution in [0.1, 0.15) is 33.8 Å². The van der Waals surface area contributed by atoms with E-state index >= 15 is 0 Å². The molecule has 0 saturated carbocycles. The molecule has 0 spiro atoms. The molecule has 0 aromatic carbocycles. The quantitative estimate of drug-likeness (QED) is 0.903. The van der Waals surface area contributed by atoms with Crippen LogP contribution in [0.3, 0.4) is 0 Å². The van der Waals surface area contributed by atoms with Crippen molar-refractivity contribution in [3.63, 3.8) is 0 Å². The van der Waals surface area contributed by atoms with E-state index in [4.69, 9.17) is 13.6 Å². The molecule has 2 aromatic heterocycles. The fourth-order valence-corrected chi connectivity index (χ4v) is 2.73. The van der Waals surface area contributed by atoms with Gasteiger partial charge in [0.25, 0.3) is 5.91 Å². The monoisotopic (exact) mass is 319 g/mol. The predicted octanol–water partition coefficient (Wildman–Crippen LogP) is 1.69. The van der Waals surface area contributed by atoms with Crippen molar-refractivity contribution in [3.8, 4) is 0 Å². The van der Waals surface area contributed by atoms with E-state index in [2.05, 4.69) is 15.2 Å². The van der Waals surface area contributed by atoms with Gasteiger partial charge in [0.1, 0.15) is 17.3 Å². The van der Waals surface area contributed by atoms with Crippen LogP contribution in [0.2, 0.25) is 0 Å². The summed E-state index contributed by atoms with van der Waals surface area (Å²) < 4.78 is 16.3. The molecule has 1 aliphatic heterocycles. The number of hydrogen-bond acceptors (Lipinski definition) is 6. The summed E-state index contributed by atoms with van der Waals surface area (Å²) in [4.78, 5) is 18.5. The topological polar surface area (TPSA) is 80.7 Å². The zero-order valence-electron chi connectivity index (χ0n) is 13.4. The molecule has 0 bridgehead atoms. The number of ether oxygens (including phenoxy) is 1. The largest absolute Gasteiger partial charge is 0.465 e. The average molecular weight is 319 g/mol. The summed E-state index contributed by atoms with van der Waals surface area (Å²) >= 11 is 0. The zero-order chi connectivity index (χ0) is 16.2. The van der Waals surface area contributed by atoms with E-state index in [1.165, 1.54) is 6.39 Å². The number of carbonyl (C=O) groups is 1. The Morgan fingerprint density at radius 2 is 2.13 bits per heavy atom. The van der Waals surface area contributed by atoms with Crippen LogP contribution in [0.25, 0.3) is 0 Å². The molecule has 1 N–H and O–H groups in total. The molecule has 1 atom stereocenters. The first-order valence-corrected chi connectivity index (χ1v) is 7.71. The third-order valence-corrected chi connectivity index (χ3v) is 3.99. The Hall–Kier alpha value is -2.12. The lowest BCUT2D eigenvalue weighted by molar-refractivity contribution is 0.0117. The third-order valence-electron chi connectivity index (χ3n) is 3.99. The van der Waals surface area contributed by atoms with Crippen molar-refractivity contribution in [2.45, 2.75) is 19.9 Å². The number of furan rings is 1. The average Bonchev–Trinajstić information content (AvgIpc) is 3.17. The Morgan fingerprint density at radius 3 is 2.74 bits per heavy atom. The minimum absolute atomic E-state index is 0.0243. The number of nitrogens with zero attached hydrogens (tertiary/aromatic N) is 2. The SMILES string of the molecule is Cc1ccc([C@@H](CNC(=O)c2ncoc2C)N2CCOCC2)o1. The number of amides is 1. The summed E-state index contributed by atoms with van der Waals surface area (Å²) in [5.74, 6) is 1.98. The first kappa shape index (κ1) is 15.8. The first-order chi connectivity index (χ1) is 11.1. The summed E-state index contributed by atoms with van der Waals surface area (Å²) in [7, 11) is 0. The summed E-state index contributed by atoms with van der Waals surface area (Å²) in [5, 5.41) is 2.93. The summed E-state index contributed by atoms with van der Waals surface area (Å²) in [6, 6.07) is 3.87. The second-order valence-electron chi connectivity index (χ2n) is 5.58. The summed E-state index contributed by atoms with van der Waals surface area (Å²) in [6.45, 7) is 7.07. The summed E-state index contributed by atoms with van der Waals surface area (Å²) in [5.41, 5.74) is 0.321. The number of nitrogens with one attached hydrogen (secondary N) is 1. The van der Waals surface area contributed by atoms with Gasteiger partial charge < -0.3 is 18.9 Å². The number of rotatable bonds is 5. The highest BCUT2D eigenvalue weighted by Crippen LogP contribution is 2.23. The van der Waals surface area contributed by atoms with Crippen molar-refractivity contribution in [1.29, 1.82) is 0 Å². The minimum atomic E-state index is -0.238. The molecule has 0 aliphatic carbocycles. The van der Waals surface area contributed by atoms with Crippen LogP contribution in [0.4, 0.5) is 0 Å². The zero-order valence-corrected chi connectivity index (χ0v) is 13.4. The van der Waals surface area contributed by atoms with Gasteiger partial charge in [0.15, 0.2) is 12.1 Å². The fraction of sp³-hybridized carbons (Fsp3) is 0.500. The van der Waals surface area contributed by atoms with Crippen LogP contribution in [-0.2, 0) is 4.74 Å². The lowest BCUT2D eigenvalue weighted by atomic mass is 10.1. The molecule has 124 valence electrons. The lowest BCUT2D eigenvalue weighted by Gasteiger charge is -2.33. The normalized spacial score (nSPS) is 17.1. The molecule has 23 heavy (non-hydrogen) atoms. The van der Waals surface area contributed by atoms with Gasteiger partial charge in [-0.3, -0.25) is 9.69 Å². The number of aryl methyl sites for hydroxylation is 2. The maximum Gasteiger partial charge on any atom is 0.273 e. The highest BCUT2D eigenvalue weighted by atomic mass is 16.5. The maximum absolute atomic E-state index is 12.2. The molecule has 0 unspecified atom stereocenters. The Bertz CT molecular complexity index is 658. The van der Waals surface area contributed by atoms with Crippen molar-refractivity contribution < 1.29 is 18.4 Å². The van der Waals surface area contributed by atoms with Gasteiger partial charge in [-0.25, -0.2) is 4.98 Å². The number of morpholine rings is 1. The van der Waals surface area contributed by atoms with Crippen LogP contribution in [0.5, 0.6) is 0 Å². The van der Waals surface area contributed by atoms with Gasteiger partial charge in [0, 0.05) is 19.6 Å². The molecule has 3 rings (SSSR count). The molecule has 1 fully saturated rings. The van der Waals surface area contributed by atoms with Crippen LogP contribution in [0.15, 0.2) is 27.4 Å². The van der Waals surface area contributed by atoms with Crippen LogP contribution < -0.4 is 5.32 Å². The molecule has 0 radical (unpaired) electrons. The molecule has 1 amide bonds. The molecule has 7 nitrogen and oxygen atoms in total. The van der Waals surface area contributed by atoms with Crippen LogP contribution in [-0.4, -0.2) is 48.6 Å². The van der Waals surface area contributed by atoms with Gasteiger partial charge in [0.2, 0.25) is 0 Å². The van der Waals surface area contributed by atoms with E-state index in [0.717, 1.165) is 24.6 Å². The molecular formula is C16H21N3O4. The van der Waals surface area contributed by atoms with Crippen molar-refractivity contribution in [3.05, 3.63) is 41.5 Å². The van der Waals surface area contributed by atoms with Gasteiger partial charge in [-0.1, -0.05) is 0 Å². The van der Waals surface area contributed by atoms with Gasteiger partial charge in [0.05, 0.1) is 19.3 Å². The summed E-state index contributed by atoms with van der Waals surface area (Å²) in [6.07, 6.45) is 1.28. The smallest absolute Gasteiger partial charge is 0.273 e. The number of hydrogen-bond donors (Lipinski definition) is 1. The van der Waals surface area contributed by atoms with E-state index in [1.807, 2.05) is 19.1 Å². The van der Waals surface area contributed by atoms with E-state index < -0.39 is 0 Å². The minimum Gasteiger partial charge on any atom is -0.465 e. The van der Waals surface area contributed by atoms with E-state index in [-0.39, 0.29) is 11.9 Å². The Balaban J connectivity index is 1.71. The molecule has 3 heterocycles. The van der Waals surface area contributed by atoms with E-state index in [0.29, 0.717) is 31.2 Å². The standard InChI is InChI=1S/C16H21N3O4/c1-11-3-4-14(23-11)13(19-5-7-21-8-6-19)9-17-16(20)15-12(2)22-10-18-15/h3-4,10,13H,5-9H2,1-2H3,(H,17,20)/t13-/m1/s1. The molecule has 1 saturated heterocycles. The number of oxazole rings is 1.